The Morgan fingerprint density at radius 3 is 2.30 bits per heavy atom. The van der Waals surface area contributed by atoms with Crippen molar-refractivity contribution < 1.29 is 22.7 Å². The molecule has 0 radical (unpaired) electrons. The predicted octanol–water partition coefficient (Wildman–Crippen LogP) is 2.59. The van der Waals surface area contributed by atoms with E-state index in [0.717, 1.165) is 24.3 Å². The third-order valence-electron chi connectivity index (χ3n) is 2.54. The number of hydrogen-bond acceptors (Lipinski definition) is 2. The van der Waals surface area contributed by atoms with Gasteiger partial charge >= 0.3 is 12.1 Å². The molecule has 0 bridgehead atoms. The molecule has 0 unspecified atom stereocenters. The number of carbonyl (C=O) groups is 1. The number of rotatable bonds is 2. The summed E-state index contributed by atoms with van der Waals surface area (Å²) < 4.78 is 37.6. The van der Waals surface area contributed by atoms with Crippen molar-refractivity contribution >= 4 is 11.7 Å². The molecule has 104 valence electrons. The van der Waals surface area contributed by atoms with E-state index in [1.165, 1.54) is 18.3 Å². The van der Waals surface area contributed by atoms with Crippen molar-refractivity contribution in [1.29, 1.82) is 0 Å². The molecule has 0 aliphatic carbocycles. The van der Waals surface area contributed by atoms with Gasteiger partial charge in [0.25, 0.3) is 5.82 Å². The molecule has 0 saturated heterocycles. The Balaban J connectivity index is 2.16. The van der Waals surface area contributed by atoms with Gasteiger partial charge in [-0.1, -0.05) is 6.07 Å². The Bertz CT molecular complexity index is 624. The fourth-order valence-electron chi connectivity index (χ4n) is 1.52. The summed E-state index contributed by atoms with van der Waals surface area (Å²) in [7, 11) is 0. The van der Waals surface area contributed by atoms with Crippen LogP contribution in [-0.2, 0) is 6.18 Å². The number of amides is 1. The molecular weight excluding hydrogens is 273 g/mol. The molecule has 0 fully saturated rings. The minimum Gasteiger partial charge on any atom is -0.711 e. The van der Waals surface area contributed by atoms with Crippen LogP contribution in [0.2, 0.25) is 0 Å². The fraction of sp³-hybridized carbons (Fsp3) is 0.0769. The van der Waals surface area contributed by atoms with Crippen LogP contribution in [-0.4, -0.2) is 5.91 Å². The summed E-state index contributed by atoms with van der Waals surface area (Å²) >= 11 is 0. The third kappa shape index (κ3) is 3.05. The van der Waals surface area contributed by atoms with Crippen molar-refractivity contribution in [3.8, 4) is 0 Å². The molecule has 1 aromatic carbocycles. The number of anilines is 1. The van der Waals surface area contributed by atoms with Crippen molar-refractivity contribution in [2.24, 2.45) is 0 Å². The number of aromatic nitrogens is 1. The highest BCUT2D eigenvalue weighted by Crippen LogP contribution is 2.29. The minimum atomic E-state index is -4.45. The molecule has 2 rings (SSSR count). The summed E-state index contributed by atoms with van der Waals surface area (Å²) in [5.41, 5.74) is -0.811. The van der Waals surface area contributed by atoms with Crippen molar-refractivity contribution in [1.82, 2.24) is 0 Å². The number of pyridine rings is 1. The molecule has 20 heavy (non-hydrogen) atoms. The first-order valence-electron chi connectivity index (χ1n) is 5.55. The van der Waals surface area contributed by atoms with Crippen LogP contribution in [0.3, 0.4) is 0 Å². The molecule has 0 spiro atoms. The average Bonchev–Trinajstić information content (AvgIpc) is 2.40. The highest BCUT2D eigenvalue weighted by molar-refractivity contribution is 6.03. The molecule has 4 nitrogen and oxygen atoms in total. The summed E-state index contributed by atoms with van der Waals surface area (Å²) in [5.74, 6) is -0.660. The summed E-state index contributed by atoms with van der Waals surface area (Å²) in [4.78, 5) is 11.8. The Kier molecular flexibility index (Phi) is 3.60. The van der Waals surface area contributed by atoms with Gasteiger partial charge in [0.05, 0.1) is 17.3 Å². The van der Waals surface area contributed by atoms with Crippen molar-refractivity contribution in [2.75, 3.05) is 5.32 Å². The van der Waals surface area contributed by atoms with Crippen LogP contribution in [0.4, 0.5) is 19.0 Å². The maximum atomic E-state index is 12.4. The maximum Gasteiger partial charge on any atom is 0.416 e. The van der Waals surface area contributed by atoms with Crippen LogP contribution in [0.15, 0.2) is 48.7 Å². The Labute approximate surface area is 112 Å². The summed E-state index contributed by atoms with van der Waals surface area (Å²) in [6, 6.07) is 8.15. The Morgan fingerprint density at radius 2 is 1.75 bits per heavy atom. The van der Waals surface area contributed by atoms with Crippen LogP contribution >= 0.6 is 0 Å². The van der Waals surface area contributed by atoms with Crippen LogP contribution in [0.1, 0.15) is 15.9 Å². The van der Waals surface area contributed by atoms with Crippen LogP contribution < -0.4 is 10.0 Å². The number of nitrogens with zero attached hydrogens (tertiary/aromatic N) is 1. The molecule has 7 heteroatoms. The van der Waals surface area contributed by atoms with Crippen molar-refractivity contribution in [3.63, 3.8) is 0 Å². The van der Waals surface area contributed by atoms with Gasteiger partial charge in [0.1, 0.15) is 0 Å². The lowest BCUT2D eigenvalue weighted by molar-refractivity contribution is -0.590. The molecule has 0 atom stereocenters. The number of hydrogen-bond donors (Lipinski definition) is 1. The van der Waals surface area contributed by atoms with E-state index in [-0.39, 0.29) is 11.4 Å². The first-order valence-corrected chi connectivity index (χ1v) is 5.55. The molecule has 1 N–H and O–H groups in total. The van der Waals surface area contributed by atoms with Crippen LogP contribution in [0, 0.1) is 5.21 Å². The second-order valence-electron chi connectivity index (χ2n) is 3.94. The van der Waals surface area contributed by atoms with Gasteiger partial charge in [-0.25, -0.2) is 14.8 Å². The van der Waals surface area contributed by atoms with Gasteiger partial charge in [-0.15, -0.1) is 0 Å². The van der Waals surface area contributed by atoms with E-state index in [1.54, 1.807) is 6.07 Å². The maximum absolute atomic E-state index is 12.4. The zero-order chi connectivity index (χ0) is 14.8. The molecule has 0 aliphatic rings. The Morgan fingerprint density at radius 1 is 1.10 bits per heavy atom. The molecule has 1 aromatic heterocycles. The Hall–Kier alpha value is -2.57. The summed E-state index contributed by atoms with van der Waals surface area (Å²) in [6.07, 6.45) is -3.26. The van der Waals surface area contributed by atoms with Gasteiger partial charge in [-0.05, 0) is 30.3 Å². The van der Waals surface area contributed by atoms with Gasteiger partial charge in [0.2, 0.25) is 0 Å². The number of benzene rings is 1. The van der Waals surface area contributed by atoms with Crippen molar-refractivity contribution in [3.05, 3.63) is 65.0 Å². The molecule has 1 heterocycles. The number of halogens is 3. The second kappa shape index (κ2) is 5.20. The lowest BCUT2D eigenvalue weighted by Crippen LogP contribution is -2.32. The lowest BCUT2D eigenvalue weighted by atomic mass is 10.1. The van der Waals surface area contributed by atoms with Crippen molar-refractivity contribution in [2.45, 2.75) is 6.18 Å². The highest BCUT2D eigenvalue weighted by atomic mass is 19.4. The van der Waals surface area contributed by atoms with Gasteiger partial charge in [0, 0.05) is 6.07 Å². The standard InChI is InChI=1S/C13H9F3N2O2/c14-13(15,16)10-6-4-9(5-7-10)12(19)17-11-3-1-2-8-18(11)20/h1-8H,(H,17,19). The predicted molar refractivity (Wildman–Crippen MR) is 64.8 cm³/mol. The lowest BCUT2D eigenvalue weighted by Gasteiger charge is -2.08. The van der Waals surface area contributed by atoms with Gasteiger partial charge in [-0.3, -0.25) is 0 Å². The first-order chi connectivity index (χ1) is 9.38. The van der Waals surface area contributed by atoms with E-state index in [2.05, 4.69) is 5.32 Å². The average molecular weight is 282 g/mol. The SMILES string of the molecule is O=C(Nc1cccc[n+]1[O-])c1ccc(C(F)(F)F)cc1. The summed E-state index contributed by atoms with van der Waals surface area (Å²) in [5, 5.41) is 13.6. The number of nitrogens with one attached hydrogen (secondary N) is 1. The third-order valence-corrected chi connectivity index (χ3v) is 2.54. The quantitative estimate of drug-likeness (QED) is 0.680. The normalized spacial score (nSPS) is 11.2. The van der Waals surface area contributed by atoms with Gasteiger partial charge in [-0.2, -0.15) is 13.2 Å². The minimum absolute atomic E-state index is 0.00241. The fourth-order valence-corrected chi connectivity index (χ4v) is 1.52. The zero-order valence-electron chi connectivity index (χ0n) is 10.0. The van der Waals surface area contributed by atoms with E-state index in [4.69, 9.17) is 0 Å². The smallest absolute Gasteiger partial charge is 0.416 e. The molecule has 0 aliphatic heterocycles. The van der Waals surface area contributed by atoms with E-state index in [1.807, 2.05) is 0 Å². The van der Waals surface area contributed by atoms with Gasteiger partial charge < -0.3 is 5.21 Å². The molecule has 1 amide bonds. The number of alkyl halides is 3. The van der Waals surface area contributed by atoms with Crippen LogP contribution in [0.25, 0.3) is 0 Å². The van der Waals surface area contributed by atoms with Crippen LogP contribution in [0.5, 0.6) is 0 Å². The molecule has 0 saturated carbocycles. The van der Waals surface area contributed by atoms with Gasteiger partial charge in [0.15, 0.2) is 0 Å². The zero-order valence-corrected chi connectivity index (χ0v) is 10.0. The summed E-state index contributed by atoms with van der Waals surface area (Å²) in [6.45, 7) is 0. The highest BCUT2D eigenvalue weighted by Gasteiger charge is 2.30. The number of carbonyl (C=O) groups excluding carboxylic acids is 1. The largest absolute Gasteiger partial charge is 0.711 e. The monoisotopic (exact) mass is 282 g/mol. The molecule has 2 aromatic rings. The first kappa shape index (κ1) is 13.9. The van der Waals surface area contributed by atoms with E-state index >= 15 is 0 Å². The van der Waals surface area contributed by atoms with E-state index in [0.29, 0.717) is 4.73 Å². The molecular formula is C13H9F3N2O2. The topological polar surface area (TPSA) is 56.0 Å². The second-order valence-corrected chi connectivity index (χ2v) is 3.94. The van der Waals surface area contributed by atoms with E-state index < -0.39 is 17.6 Å². The van der Waals surface area contributed by atoms with E-state index in [9.17, 15) is 23.2 Å².